The van der Waals surface area contributed by atoms with E-state index in [9.17, 15) is 9.90 Å². The van der Waals surface area contributed by atoms with E-state index in [1.54, 1.807) is 11.1 Å². The summed E-state index contributed by atoms with van der Waals surface area (Å²) in [6.45, 7) is 16.1. The van der Waals surface area contributed by atoms with Crippen LogP contribution >= 0.6 is 0 Å². The molecule has 4 rings (SSSR count). The van der Waals surface area contributed by atoms with Crippen molar-refractivity contribution >= 4 is 5.78 Å². The molecule has 0 spiro atoms. The van der Waals surface area contributed by atoms with E-state index in [1.807, 2.05) is 13.8 Å². The van der Waals surface area contributed by atoms with Crippen LogP contribution in [0, 0.1) is 45.8 Å². The standard InChI is InChI=1S/C29H46O2/c1-18(2)24(30)12-8-19(3)21-10-11-22-20-9-13-25-27(4,5)26(31)15-17-29(25,7)23(20)14-16-28(21,22)6/h10-11,18-19,21-22,25-26,31H,8-9,12-17H2,1-7H3/t19-,21-,22-,25+,26?,28-,29-/m1/s1. The van der Waals surface area contributed by atoms with Gasteiger partial charge in [-0.25, -0.2) is 0 Å². The molecule has 2 heteroatoms. The van der Waals surface area contributed by atoms with Crippen LogP contribution in [0.25, 0.3) is 0 Å². The van der Waals surface area contributed by atoms with Gasteiger partial charge in [0.25, 0.3) is 0 Å². The SMILES string of the molecule is CC(C)C(=O)CC[C@@H](C)[C@H]1C=C[C@@H]2C3=C(CC[C@@]21C)[C@@]1(C)CCC(O)C(C)(C)[C@@H]1CC3. The van der Waals surface area contributed by atoms with Gasteiger partial charge in [0.1, 0.15) is 5.78 Å². The fourth-order valence-electron chi connectivity index (χ4n) is 8.48. The van der Waals surface area contributed by atoms with Crippen LogP contribution in [0.3, 0.4) is 0 Å². The fourth-order valence-corrected chi connectivity index (χ4v) is 8.48. The van der Waals surface area contributed by atoms with Crippen molar-refractivity contribution in [2.75, 3.05) is 0 Å². The van der Waals surface area contributed by atoms with Crippen LogP contribution in [0.5, 0.6) is 0 Å². The van der Waals surface area contributed by atoms with Gasteiger partial charge in [-0.05, 0) is 78.9 Å². The zero-order chi connectivity index (χ0) is 22.8. The molecular formula is C29H46O2. The Hall–Kier alpha value is -0.890. The van der Waals surface area contributed by atoms with Crippen molar-refractivity contribution in [1.29, 1.82) is 0 Å². The number of aliphatic hydroxyl groups excluding tert-OH is 1. The number of carbonyl (C=O) groups excluding carboxylic acids is 1. The van der Waals surface area contributed by atoms with Crippen molar-refractivity contribution < 1.29 is 9.90 Å². The second kappa shape index (κ2) is 7.86. The van der Waals surface area contributed by atoms with Gasteiger partial charge in [-0.1, -0.05) is 71.8 Å². The van der Waals surface area contributed by atoms with Gasteiger partial charge >= 0.3 is 0 Å². The van der Waals surface area contributed by atoms with Gasteiger partial charge in [0.05, 0.1) is 6.10 Å². The second-order valence-corrected chi connectivity index (χ2v) is 12.9. The maximum Gasteiger partial charge on any atom is 0.135 e. The minimum atomic E-state index is -0.160. The number of allylic oxidation sites excluding steroid dienone is 4. The van der Waals surface area contributed by atoms with E-state index in [-0.39, 0.29) is 22.9 Å². The number of ketones is 1. The Morgan fingerprint density at radius 1 is 1.06 bits per heavy atom. The summed E-state index contributed by atoms with van der Waals surface area (Å²) in [6.07, 6.45) is 13.7. The molecule has 0 heterocycles. The summed E-state index contributed by atoms with van der Waals surface area (Å²) >= 11 is 0. The Bertz CT molecular complexity index is 787. The van der Waals surface area contributed by atoms with Gasteiger partial charge < -0.3 is 5.11 Å². The Kier molecular flexibility index (Phi) is 5.90. The highest BCUT2D eigenvalue weighted by atomic mass is 16.3. The van der Waals surface area contributed by atoms with E-state index < -0.39 is 0 Å². The summed E-state index contributed by atoms with van der Waals surface area (Å²) in [7, 11) is 0. The summed E-state index contributed by atoms with van der Waals surface area (Å²) in [6, 6.07) is 0. The fraction of sp³-hybridized carbons (Fsp3) is 0.828. The van der Waals surface area contributed by atoms with Gasteiger partial charge in [0, 0.05) is 18.3 Å². The first-order valence-electron chi connectivity index (χ1n) is 13.0. The number of hydrogen-bond acceptors (Lipinski definition) is 2. The molecule has 0 bridgehead atoms. The lowest BCUT2D eigenvalue weighted by molar-refractivity contribution is -0.122. The first-order valence-corrected chi connectivity index (χ1v) is 13.0. The quantitative estimate of drug-likeness (QED) is 0.475. The van der Waals surface area contributed by atoms with E-state index in [2.05, 4.69) is 46.8 Å². The number of aliphatic hydroxyl groups is 1. The molecule has 1 N–H and O–H groups in total. The van der Waals surface area contributed by atoms with E-state index >= 15 is 0 Å². The van der Waals surface area contributed by atoms with Crippen LogP contribution in [0.1, 0.15) is 99.8 Å². The average molecular weight is 427 g/mol. The monoisotopic (exact) mass is 426 g/mol. The molecule has 1 unspecified atom stereocenters. The summed E-state index contributed by atoms with van der Waals surface area (Å²) < 4.78 is 0. The van der Waals surface area contributed by atoms with Gasteiger partial charge in [0.15, 0.2) is 0 Å². The van der Waals surface area contributed by atoms with Crippen LogP contribution in [-0.4, -0.2) is 17.0 Å². The third-order valence-electron chi connectivity index (χ3n) is 10.6. The van der Waals surface area contributed by atoms with Crippen LogP contribution in [-0.2, 0) is 4.79 Å². The number of carbonyl (C=O) groups is 1. The van der Waals surface area contributed by atoms with Crippen LogP contribution in [0.2, 0.25) is 0 Å². The minimum Gasteiger partial charge on any atom is -0.393 e. The number of Topliss-reactive ketones (excluding diaryl/α,β-unsaturated/α-hetero) is 1. The Balaban J connectivity index is 1.57. The highest BCUT2D eigenvalue weighted by molar-refractivity contribution is 5.80. The van der Waals surface area contributed by atoms with Gasteiger partial charge in [0.2, 0.25) is 0 Å². The van der Waals surface area contributed by atoms with E-state index in [0.717, 1.165) is 25.7 Å². The molecule has 0 radical (unpaired) electrons. The predicted molar refractivity (Wildman–Crippen MR) is 129 cm³/mol. The van der Waals surface area contributed by atoms with Crippen molar-refractivity contribution in [2.45, 2.75) is 106 Å². The largest absolute Gasteiger partial charge is 0.393 e. The molecule has 7 atom stereocenters. The summed E-state index contributed by atoms with van der Waals surface area (Å²) in [5, 5.41) is 10.7. The maximum atomic E-state index is 12.2. The Morgan fingerprint density at radius 2 is 1.77 bits per heavy atom. The normalized spacial score (nSPS) is 42.2. The molecule has 0 aromatic carbocycles. The molecule has 1 fully saturated rings. The highest BCUT2D eigenvalue weighted by Gasteiger charge is 2.58. The van der Waals surface area contributed by atoms with Crippen LogP contribution in [0.15, 0.2) is 23.3 Å². The molecule has 0 aliphatic heterocycles. The maximum absolute atomic E-state index is 12.2. The van der Waals surface area contributed by atoms with Crippen molar-refractivity contribution in [3.8, 4) is 0 Å². The third-order valence-corrected chi connectivity index (χ3v) is 10.6. The molecule has 0 aromatic rings. The highest BCUT2D eigenvalue weighted by Crippen LogP contribution is 2.66. The molecular weight excluding hydrogens is 380 g/mol. The van der Waals surface area contributed by atoms with Gasteiger partial charge in [-0.2, -0.15) is 0 Å². The third kappa shape index (κ3) is 3.51. The lowest BCUT2D eigenvalue weighted by atomic mass is 9.45. The zero-order valence-electron chi connectivity index (χ0n) is 21.1. The molecule has 2 nitrogen and oxygen atoms in total. The molecule has 174 valence electrons. The molecule has 0 saturated heterocycles. The van der Waals surface area contributed by atoms with Crippen molar-refractivity contribution in [1.82, 2.24) is 0 Å². The summed E-state index contributed by atoms with van der Waals surface area (Å²) in [4.78, 5) is 12.2. The molecule has 31 heavy (non-hydrogen) atoms. The smallest absolute Gasteiger partial charge is 0.135 e. The van der Waals surface area contributed by atoms with Crippen molar-refractivity contribution in [2.24, 2.45) is 45.8 Å². The molecule has 1 saturated carbocycles. The van der Waals surface area contributed by atoms with E-state index in [4.69, 9.17) is 0 Å². The lowest BCUT2D eigenvalue weighted by Gasteiger charge is -2.60. The molecule has 4 aliphatic carbocycles. The minimum absolute atomic E-state index is 0.0117. The molecule has 0 amide bonds. The van der Waals surface area contributed by atoms with Gasteiger partial charge in [-0.15, -0.1) is 0 Å². The van der Waals surface area contributed by atoms with E-state index in [0.29, 0.717) is 34.9 Å². The first kappa shape index (κ1) is 23.3. The van der Waals surface area contributed by atoms with Crippen LogP contribution in [0.4, 0.5) is 0 Å². The summed E-state index contributed by atoms with van der Waals surface area (Å²) in [5.41, 5.74) is 4.10. The number of hydrogen-bond donors (Lipinski definition) is 1. The summed E-state index contributed by atoms with van der Waals surface area (Å²) in [5.74, 6) is 2.89. The Morgan fingerprint density at radius 3 is 2.45 bits per heavy atom. The number of rotatable bonds is 5. The van der Waals surface area contributed by atoms with Crippen LogP contribution < -0.4 is 0 Å². The Labute approximate surface area is 191 Å². The van der Waals surface area contributed by atoms with E-state index in [1.165, 1.54) is 25.7 Å². The lowest BCUT2D eigenvalue weighted by Crippen LogP contribution is -2.53. The van der Waals surface area contributed by atoms with Crippen molar-refractivity contribution in [3.05, 3.63) is 23.3 Å². The predicted octanol–water partition coefficient (Wildman–Crippen LogP) is 7.12. The van der Waals surface area contributed by atoms with Gasteiger partial charge in [-0.3, -0.25) is 4.79 Å². The molecule has 0 aromatic heterocycles. The number of fused-ring (bicyclic) bond motifs is 4. The second-order valence-electron chi connectivity index (χ2n) is 12.9. The zero-order valence-corrected chi connectivity index (χ0v) is 21.1. The average Bonchev–Trinajstić information content (AvgIpc) is 3.06. The topological polar surface area (TPSA) is 37.3 Å². The van der Waals surface area contributed by atoms with Crippen molar-refractivity contribution in [3.63, 3.8) is 0 Å². The molecule has 4 aliphatic rings. The first-order chi connectivity index (χ1) is 14.4.